The first-order chi connectivity index (χ1) is 4.70. The van der Waals surface area contributed by atoms with Crippen LogP contribution in [0.15, 0.2) is 24.3 Å². The molecule has 3 heteroatoms. The summed E-state index contributed by atoms with van der Waals surface area (Å²) in [6, 6.07) is 8.17. The second-order valence-electron chi connectivity index (χ2n) is 2.07. The van der Waals surface area contributed by atoms with E-state index in [2.05, 4.69) is 51.4 Å². The summed E-state index contributed by atoms with van der Waals surface area (Å²) in [6.45, 7) is 2.07. The molecule has 0 atom stereocenters. The smallest absolute Gasteiger partial charge is 0.0617 e. The fraction of sp³-hybridized carbons (Fsp3) is 0.143. The Morgan fingerprint density at radius 3 is 2.00 bits per heavy atom. The molecule has 1 nitrogen and oxygen atoms in total. The van der Waals surface area contributed by atoms with Gasteiger partial charge in [-0.2, -0.15) is 0 Å². The molecule has 0 fully saturated rings. The van der Waals surface area contributed by atoms with E-state index in [1.165, 1.54) is 5.56 Å². The van der Waals surface area contributed by atoms with E-state index in [1.807, 2.05) is 12.1 Å². The molecule has 0 radical (unpaired) electrons. The van der Waals surface area contributed by atoms with E-state index >= 15 is 0 Å². The lowest BCUT2D eigenvalue weighted by atomic mass is 10.2. The van der Waals surface area contributed by atoms with Crippen LogP contribution in [0.3, 0.4) is 0 Å². The molecule has 0 aliphatic heterocycles. The topological polar surface area (TPSA) is 3.24 Å². The van der Waals surface area contributed by atoms with Gasteiger partial charge >= 0.3 is 0 Å². The van der Waals surface area contributed by atoms with Crippen LogP contribution in [0.25, 0.3) is 0 Å². The quantitative estimate of drug-likeness (QED) is 0.703. The number of halogens is 2. The summed E-state index contributed by atoms with van der Waals surface area (Å²) in [5.74, 6) is 0. The SMILES string of the molecule is Cc1ccc(N(Br)Br)cc1. The van der Waals surface area contributed by atoms with Gasteiger partial charge in [0, 0.05) is 0 Å². The zero-order chi connectivity index (χ0) is 7.56. The Balaban J connectivity index is 2.89. The van der Waals surface area contributed by atoms with Gasteiger partial charge in [-0.25, -0.2) is 2.95 Å². The normalized spacial score (nSPS) is 9.50. The molecule has 0 unspecified atom stereocenters. The van der Waals surface area contributed by atoms with Gasteiger partial charge in [0.15, 0.2) is 0 Å². The number of hydrogen-bond acceptors (Lipinski definition) is 1. The van der Waals surface area contributed by atoms with Crippen LogP contribution < -0.4 is 2.95 Å². The van der Waals surface area contributed by atoms with Crippen molar-refractivity contribution in [1.29, 1.82) is 0 Å². The molecule has 0 N–H and O–H groups in total. The van der Waals surface area contributed by atoms with E-state index in [1.54, 1.807) is 2.95 Å². The van der Waals surface area contributed by atoms with E-state index in [4.69, 9.17) is 0 Å². The highest BCUT2D eigenvalue weighted by atomic mass is 79.9. The second-order valence-corrected chi connectivity index (χ2v) is 4.44. The summed E-state index contributed by atoms with van der Waals surface area (Å²) in [4.78, 5) is 0. The highest BCUT2D eigenvalue weighted by molar-refractivity contribution is 9.25. The fourth-order valence-corrected chi connectivity index (χ4v) is 1.13. The van der Waals surface area contributed by atoms with E-state index in [9.17, 15) is 0 Å². The maximum atomic E-state index is 3.26. The maximum Gasteiger partial charge on any atom is 0.0617 e. The lowest BCUT2D eigenvalue weighted by Crippen LogP contribution is -1.88. The maximum absolute atomic E-state index is 3.26. The van der Waals surface area contributed by atoms with Crippen molar-refractivity contribution in [2.45, 2.75) is 6.92 Å². The van der Waals surface area contributed by atoms with Gasteiger partial charge in [0.1, 0.15) is 0 Å². The third kappa shape index (κ3) is 1.99. The van der Waals surface area contributed by atoms with E-state index in [0.29, 0.717) is 0 Å². The summed E-state index contributed by atoms with van der Waals surface area (Å²) in [5, 5.41) is 0. The first kappa shape index (κ1) is 8.08. The number of anilines is 1. The molecule has 0 saturated heterocycles. The van der Waals surface area contributed by atoms with E-state index in [-0.39, 0.29) is 0 Å². The summed E-state index contributed by atoms with van der Waals surface area (Å²) in [7, 11) is 0. The summed E-state index contributed by atoms with van der Waals surface area (Å²) in [5.41, 5.74) is 2.36. The van der Waals surface area contributed by atoms with Gasteiger partial charge < -0.3 is 0 Å². The van der Waals surface area contributed by atoms with Gasteiger partial charge in [0.25, 0.3) is 0 Å². The minimum atomic E-state index is 1.09. The number of hydrogen-bond donors (Lipinski definition) is 0. The van der Waals surface area contributed by atoms with Crippen molar-refractivity contribution in [2.75, 3.05) is 2.95 Å². The van der Waals surface area contributed by atoms with Crippen molar-refractivity contribution in [2.24, 2.45) is 0 Å². The molecule has 1 aromatic rings. The van der Waals surface area contributed by atoms with Crippen molar-refractivity contribution in [3.63, 3.8) is 0 Å². The fourth-order valence-electron chi connectivity index (χ4n) is 0.657. The van der Waals surface area contributed by atoms with E-state index in [0.717, 1.165) is 5.69 Å². The summed E-state index contributed by atoms with van der Waals surface area (Å²) in [6.07, 6.45) is 0. The first-order valence-electron chi connectivity index (χ1n) is 2.88. The third-order valence-corrected chi connectivity index (χ3v) is 2.05. The average Bonchev–Trinajstić information content (AvgIpc) is 1.88. The third-order valence-electron chi connectivity index (χ3n) is 1.23. The minimum absolute atomic E-state index is 1.09. The molecular formula is C7H7Br2N. The van der Waals surface area contributed by atoms with Gasteiger partial charge in [-0.3, -0.25) is 0 Å². The van der Waals surface area contributed by atoms with E-state index < -0.39 is 0 Å². The molecule has 0 spiro atoms. The van der Waals surface area contributed by atoms with Crippen LogP contribution in [-0.4, -0.2) is 0 Å². The van der Waals surface area contributed by atoms with Crippen LogP contribution in [0.1, 0.15) is 5.56 Å². The molecule has 0 heterocycles. The number of benzene rings is 1. The zero-order valence-corrected chi connectivity index (χ0v) is 8.68. The largest absolute Gasteiger partial charge is 0.243 e. The average molecular weight is 265 g/mol. The predicted octanol–water partition coefficient (Wildman–Crippen LogP) is 3.42. The Hall–Kier alpha value is -0.0200. The van der Waals surface area contributed by atoms with Crippen LogP contribution in [0.4, 0.5) is 5.69 Å². The van der Waals surface area contributed by atoms with Crippen LogP contribution in [0.2, 0.25) is 0 Å². The molecule has 10 heavy (non-hydrogen) atoms. The Labute approximate surface area is 77.7 Å². The van der Waals surface area contributed by atoms with Gasteiger partial charge in [0.05, 0.1) is 38.0 Å². The molecule has 0 aliphatic carbocycles. The minimum Gasteiger partial charge on any atom is -0.243 e. The number of nitrogens with zero attached hydrogens (tertiary/aromatic N) is 1. The molecule has 0 amide bonds. The molecule has 54 valence electrons. The molecule has 0 aromatic heterocycles. The standard InChI is InChI=1S/C7H7Br2N/c1-6-2-4-7(5-3-6)10(8)9/h2-5H,1H3. The summed E-state index contributed by atoms with van der Waals surface area (Å²) < 4.78 is 1.72. The Bertz CT molecular complexity index is 205. The number of aryl methyl sites for hydroxylation is 1. The zero-order valence-electron chi connectivity index (χ0n) is 5.51. The first-order valence-corrected chi connectivity index (χ1v) is 4.30. The molecule has 0 bridgehead atoms. The molecule has 0 aliphatic rings. The monoisotopic (exact) mass is 263 g/mol. The Morgan fingerprint density at radius 1 is 1.10 bits per heavy atom. The second kappa shape index (κ2) is 3.39. The molecule has 1 aromatic carbocycles. The van der Waals surface area contributed by atoms with Crippen LogP contribution >= 0.6 is 32.3 Å². The molecule has 1 rings (SSSR count). The summed E-state index contributed by atoms with van der Waals surface area (Å²) >= 11 is 6.51. The van der Waals surface area contributed by atoms with Gasteiger partial charge in [-0.05, 0) is 19.1 Å². The Kier molecular flexibility index (Phi) is 2.74. The molecule has 0 saturated carbocycles. The van der Waals surface area contributed by atoms with Crippen molar-refractivity contribution >= 4 is 38.0 Å². The van der Waals surface area contributed by atoms with Crippen LogP contribution in [0.5, 0.6) is 0 Å². The predicted molar refractivity (Wildman–Crippen MR) is 51.5 cm³/mol. The van der Waals surface area contributed by atoms with Crippen molar-refractivity contribution in [3.8, 4) is 0 Å². The highest BCUT2D eigenvalue weighted by Gasteiger charge is 1.94. The highest BCUT2D eigenvalue weighted by Crippen LogP contribution is 2.21. The van der Waals surface area contributed by atoms with Crippen molar-refractivity contribution in [3.05, 3.63) is 29.8 Å². The van der Waals surface area contributed by atoms with Crippen LogP contribution in [-0.2, 0) is 0 Å². The Morgan fingerprint density at radius 2 is 1.60 bits per heavy atom. The lowest BCUT2D eigenvalue weighted by molar-refractivity contribution is 1.47. The number of rotatable bonds is 1. The van der Waals surface area contributed by atoms with Crippen molar-refractivity contribution in [1.82, 2.24) is 0 Å². The van der Waals surface area contributed by atoms with Crippen molar-refractivity contribution < 1.29 is 0 Å². The lowest BCUT2D eigenvalue weighted by Gasteiger charge is -2.05. The van der Waals surface area contributed by atoms with Gasteiger partial charge in [0.2, 0.25) is 0 Å². The molecular weight excluding hydrogens is 258 g/mol. The van der Waals surface area contributed by atoms with Crippen LogP contribution in [0, 0.1) is 6.92 Å². The van der Waals surface area contributed by atoms with Gasteiger partial charge in [-0.1, -0.05) is 17.7 Å². The van der Waals surface area contributed by atoms with Gasteiger partial charge in [-0.15, -0.1) is 0 Å².